The van der Waals surface area contributed by atoms with E-state index in [0.717, 1.165) is 12.8 Å². The van der Waals surface area contributed by atoms with Crippen LogP contribution in [-0.4, -0.2) is 57.0 Å². The Bertz CT molecular complexity index is 256. The maximum absolute atomic E-state index is 11.4. The van der Waals surface area contributed by atoms with Gasteiger partial charge in [0, 0.05) is 0 Å². The van der Waals surface area contributed by atoms with Gasteiger partial charge < -0.3 is 25.2 Å². The zero-order chi connectivity index (χ0) is 14.3. The number of hydrogen-bond donors (Lipinski definition) is 5. The van der Waals surface area contributed by atoms with Crippen molar-refractivity contribution in [1.82, 2.24) is 0 Å². The van der Waals surface area contributed by atoms with Crippen molar-refractivity contribution in [3.8, 4) is 0 Å². The molecule has 7 nitrogen and oxygen atoms in total. The maximum Gasteiger partial charge on any atom is 0.356 e. The van der Waals surface area contributed by atoms with Crippen molar-refractivity contribution >= 4 is 5.97 Å². The quantitative estimate of drug-likeness (QED) is 0.204. The molecule has 0 spiro atoms. The average Bonchev–Trinajstić information content (AvgIpc) is 2.32. The van der Waals surface area contributed by atoms with E-state index in [1.807, 2.05) is 6.92 Å². The summed E-state index contributed by atoms with van der Waals surface area (Å²) < 4.78 is 4.69. The van der Waals surface area contributed by atoms with Gasteiger partial charge in [-0.05, 0) is 13.3 Å². The van der Waals surface area contributed by atoms with E-state index in [1.54, 1.807) is 0 Å². The molecule has 0 rings (SSSR count). The molecule has 4 atom stereocenters. The highest BCUT2D eigenvalue weighted by atomic mass is 16.6. The molecule has 0 amide bonds. The first-order chi connectivity index (χ1) is 8.25. The van der Waals surface area contributed by atoms with Crippen molar-refractivity contribution in [2.24, 2.45) is 5.73 Å². The molecule has 6 N–H and O–H groups in total. The lowest BCUT2D eigenvalue weighted by Gasteiger charge is -2.30. The first-order valence-electron chi connectivity index (χ1n) is 5.97. The molecule has 0 saturated carbocycles. The number of hydrogen-bond acceptors (Lipinski definition) is 7. The van der Waals surface area contributed by atoms with Crippen LogP contribution >= 0.6 is 0 Å². The van der Waals surface area contributed by atoms with Gasteiger partial charge in [-0.25, -0.2) is 4.79 Å². The normalized spacial score (nSPS) is 19.7. The van der Waals surface area contributed by atoms with Crippen LogP contribution in [0.4, 0.5) is 0 Å². The number of aliphatic hydroxyl groups excluding tert-OH is 3. The Balaban J connectivity index is 4.37. The average molecular weight is 265 g/mol. The van der Waals surface area contributed by atoms with Crippen LogP contribution < -0.4 is 5.73 Å². The zero-order valence-corrected chi connectivity index (χ0v) is 10.7. The van der Waals surface area contributed by atoms with E-state index in [4.69, 9.17) is 15.6 Å². The van der Waals surface area contributed by atoms with Gasteiger partial charge in [0.1, 0.15) is 12.2 Å². The molecule has 7 heteroatoms. The number of rotatable bonds is 8. The van der Waals surface area contributed by atoms with Crippen LogP contribution in [0.5, 0.6) is 0 Å². The van der Waals surface area contributed by atoms with Gasteiger partial charge in [-0.15, -0.1) is 0 Å². The van der Waals surface area contributed by atoms with Gasteiger partial charge in [0.25, 0.3) is 0 Å². The van der Waals surface area contributed by atoms with Gasteiger partial charge in [0.05, 0.1) is 12.7 Å². The first-order valence-corrected chi connectivity index (χ1v) is 5.97. The van der Waals surface area contributed by atoms with Crippen LogP contribution in [0.1, 0.15) is 33.1 Å². The third-order valence-electron chi connectivity index (χ3n) is 2.58. The monoisotopic (exact) mass is 265 g/mol. The standard InChI is InChI=1S/C11H23NO6/c1-3-4-5-6-18-10(16)11(12,17)9(15)8(14)7(2)13/h7-9,13-15,17H,3-6,12H2,1-2H3. The molecule has 108 valence electrons. The molecule has 18 heavy (non-hydrogen) atoms. The molecular formula is C11H23NO6. The van der Waals surface area contributed by atoms with E-state index < -0.39 is 30.0 Å². The van der Waals surface area contributed by atoms with E-state index in [1.165, 1.54) is 6.92 Å². The molecule has 0 aromatic heterocycles. The highest BCUT2D eigenvalue weighted by Crippen LogP contribution is 2.13. The highest BCUT2D eigenvalue weighted by Gasteiger charge is 2.46. The molecule has 0 heterocycles. The number of ether oxygens (including phenoxy) is 1. The van der Waals surface area contributed by atoms with E-state index in [2.05, 4.69) is 0 Å². The molecular weight excluding hydrogens is 242 g/mol. The number of esters is 1. The molecule has 0 aromatic rings. The number of carbonyl (C=O) groups is 1. The summed E-state index contributed by atoms with van der Waals surface area (Å²) >= 11 is 0. The summed E-state index contributed by atoms with van der Waals surface area (Å²) in [6, 6.07) is 0. The lowest BCUT2D eigenvalue weighted by atomic mass is 9.99. The van der Waals surface area contributed by atoms with E-state index in [-0.39, 0.29) is 6.61 Å². The molecule has 0 aliphatic heterocycles. The second-order valence-electron chi connectivity index (χ2n) is 4.34. The second kappa shape index (κ2) is 7.65. The van der Waals surface area contributed by atoms with Crippen molar-refractivity contribution in [2.45, 2.75) is 57.1 Å². The Kier molecular flexibility index (Phi) is 7.34. The number of carbonyl (C=O) groups excluding carboxylic acids is 1. The summed E-state index contributed by atoms with van der Waals surface area (Å²) in [5, 5.41) is 37.5. The van der Waals surface area contributed by atoms with Gasteiger partial charge in [-0.3, -0.25) is 5.73 Å². The van der Waals surface area contributed by atoms with E-state index >= 15 is 0 Å². The summed E-state index contributed by atoms with van der Waals surface area (Å²) in [5.74, 6) is -1.23. The van der Waals surface area contributed by atoms with Crippen molar-refractivity contribution in [3.05, 3.63) is 0 Å². The largest absolute Gasteiger partial charge is 0.462 e. The third-order valence-corrected chi connectivity index (χ3v) is 2.58. The van der Waals surface area contributed by atoms with Crippen LogP contribution in [0, 0.1) is 0 Å². The fourth-order valence-electron chi connectivity index (χ4n) is 1.28. The molecule has 0 bridgehead atoms. The Morgan fingerprint density at radius 1 is 1.33 bits per heavy atom. The lowest BCUT2D eigenvalue weighted by Crippen LogP contribution is -2.63. The number of aliphatic hydroxyl groups is 4. The lowest BCUT2D eigenvalue weighted by molar-refractivity contribution is -0.192. The van der Waals surface area contributed by atoms with Crippen LogP contribution in [0.2, 0.25) is 0 Å². The highest BCUT2D eigenvalue weighted by molar-refractivity contribution is 5.79. The van der Waals surface area contributed by atoms with Crippen LogP contribution in [0.3, 0.4) is 0 Å². The third kappa shape index (κ3) is 4.87. The van der Waals surface area contributed by atoms with Crippen molar-refractivity contribution in [3.63, 3.8) is 0 Å². The summed E-state index contributed by atoms with van der Waals surface area (Å²) in [6.45, 7) is 3.24. The molecule has 0 fully saturated rings. The minimum absolute atomic E-state index is 0.0731. The van der Waals surface area contributed by atoms with Gasteiger partial charge in [-0.2, -0.15) is 0 Å². The van der Waals surface area contributed by atoms with Crippen LogP contribution in [0.25, 0.3) is 0 Å². The van der Waals surface area contributed by atoms with E-state index in [0.29, 0.717) is 6.42 Å². The predicted molar refractivity (Wildman–Crippen MR) is 63.3 cm³/mol. The van der Waals surface area contributed by atoms with Gasteiger partial charge >= 0.3 is 5.97 Å². The van der Waals surface area contributed by atoms with Crippen LogP contribution in [-0.2, 0) is 9.53 Å². The van der Waals surface area contributed by atoms with E-state index in [9.17, 15) is 20.1 Å². The van der Waals surface area contributed by atoms with Crippen molar-refractivity contribution in [2.75, 3.05) is 6.61 Å². The molecule has 0 saturated heterocycles. The summed E-state index contributed by atoms with van der Waals surface area (Å²) in [5.41, 5.74) is 2.47. The Morgan fingerprint density at radius 3 is 2.33 bits per heavy atom. The Hall–Kier alpha value is -0.730. The predicted octanol–water partition coefficient (Wildman–Crippen LogP) is -1.53. The second-order valence-corrected chi connectivity index (χ2v) is 4.34. The number of unbranched alkanes of at least 4 members (excludes halogenated alkanes) is 2. The summed E-state index contributed by atoms with van der Waals surface area (Å²) in [6.07, 6.45) is -2.71. The van der Waals surface area contributed by atoms with Crippen molar-refractivity contribution < 1.29 is 30.0 Å². The number of nitrogens with two attached hydrogens (primary N) is 1. The fourth-order valence-corrected chi connectivity index (χ4v) is 1.28. The molecule has 0 aliphatic rings. The molecule has 0 aromatic carbocycles. The minimum atomic E-state index is -2.75. The first kappa shape index (κ1) is 17.3. The smallest absolute Gasteiger partial charge is 0.356 e. The topological polar surface area (TPSA) is 133 Å². The van der Waals surface area contributed by atoms with Crippen LogP contribution in [0.15, 0.2) is 0 Å². The summed E-state index contributed by atoms with van der Waals surface area (Å²) in [4.78, 5) is 11.4. The summed E-state index contributed by atoms with van der Waals surface area (Å²) in [7, 11) is 0. The van der Waals surface area contributed by atoms with Crippen molar-refractivity contribution in [1.29, 1.82) is 0 Å². The maximum atomic E-state index is 11.4. The van der Waals surface area contributed by atoms with Gasteiger partial charge in [0.15, 0.2) is 0 Å². The SMILES string of the molecule is CCCCCOC(=O)C(N)(O)C(O)C(O)C(C)O. The fraction of sp³-hybridized carbons (Fsp3) is 0.909. The van der Waals surface area contributed by atoms with Gasteiger partial charge in [0.2, 0.25) is 5.72 Å². The minimum Gasteiger partial charge on any atom is -0.462 e. The zero-order valence-electron chi connectivity index (χ0n) is 10.7. The molecule has 4 unspecified atom stereocenters. The van der Waals surface area contributed by atoms with Gasteiger partial charge in [-0.1, -0.05) is 19.8 Å². The Morgan fingerprint density at radius 2 is 1.89 bits per heavy atom. The molecule has 0 radical (unpaired) electrons. The Labute approximate surface area is 106 Å². The molecule has 0 aliphatic carbocycles.